The van der Waals surface area contributed by atoms with Crippen molar-refractivity contribution in [3.05, 3.63) is 17.0 Å². The second-order valence-electron chi connectivity index (χ2n) is 6.41. The van der Waals surface area contributed by atoms with E-state index in [1.165, 1.54) is 0 Å². The Hall–Kier alpha value is -1.07. The molecule has 1 aromatic rings. The largest absolute Gasteiger partial charge is 0.339 e. The fourth-order valence-electron chi connectivity index (χ4n) is 3.89. The summed E-state index contributed by atoms with van der Waals surface area (Å²) < 4.78 is 1.93. The predicted octanol–water partition coefficient (Wildman–Crippen LogP) is 2.01. The number of carbonyl (C=O) groups excluding carboxylic acids is 1. The number of halogens is 1. The van der Waals surface area contributed by atoms with Gasteiger partial charge in [0.05, 0.1) is 11.3 Å². The molecule has 0 unspecified atom stereocenters. The van der Waals surface area contributed by atoms with Crippen molar-refractivity contribution in [1.29, 1.82) is 0 Å². The molecule has 0 spiro atoms. The molecular formula is C16H27ClN4O. The first-order chi connectivity index (χ1) is 10.1. The van der Waals surface area contributed by atoms with Crippen LogP contribution in [0, 0.1) is 25.7 Å². The fourth-order valence-corrected chi connectivity index (χ4v) is 3.89. The van der Waals surface area contributed by atoms with Crippen molar-refractivity contribution in [1.82, 2.24) is 20.0 Å². The molecule has 2 fully saturated rings. The Kier molecular flexibility index (Phi) is 5.50. The number of nitrogens with one attached hydrogen (secondary N) is 1. The monoisotopic (exact) mass is 326 g/mol. The lowest BCUT2D eigenvalue weighted by molar-refractivity contribution is 0.0757. The predicted molar refractivity (Wildman–Crippen MR) is 89.6 cm³/mol. The Morgan fingerprint density at radius 1 is 1.23 bits per heavy atom. The van der Waals surface area contributed by atoms with E-state index < -0.39 is 0 Å². The molecule has 0 radical (unpaired) electrons. The topological polar surface area (TPSA) is 50.2 Å². The maximum Gasteiger partial charge on any atom is 0.257 e. The van der Waals surface area contributed by atoms with Crippen LogP contribution in [0.15, 0.2) is 0 Å². The molecule has 2 atom stereocenters. The molecule has 0 aliphatic carbocycles. The van der Waals surface area contributed by atoms with Crippen LogP contribution < -0.4 is 5.32 Å². The molecule has 0 aromatic carbocycles. The van der Waals surface area contributed by atoms with Gasteiger partial charge in [-0.15, -0.1) is 12.4 Å². The summed E-state index contributed by atoms with van der Waals surface area (Å²) in [4.78, 5) is 15.0. The Morgan fingerprint density at radius 3 is 2.32 bits per heavy atom. The normalized spacial score (nSPS) is 24.6. The maximum absolute atomic E-state index is 12.9. The van der Waals surface area contributed by atoms with E-state index in [0.717, 1.165) is 74.4 Å². The van der Waals surface area contributed by atoms with E-state index in [4.69, 9.17) is 0 Å². The number of carbonyl (C=O) groups is 1. The van der Waals surface area contributed by atoms with Crippen molar-refractivity contribution in [2.24, 2.45) is 11.8 Å². The maximum atomic E-state index is 12.9. The summed E-state index contributed by atoms with van der Waals surface area (Å²) in [6.07, 6.45) is 2.26. The zero-order chi connectivity index (χ0) is 15.0. The first-order valence-electron chi connectivity index (χ1n) is 8.15. The molecule has 1 amide bonds. The number of amides is 1. The molecule has 2 aliphatic rings. The van der Waals surface area contributed by atoms with Gasteiger partial charge in [-0.3, -0.25) is 9.48 Å². The van der Waals surface area contributed by atoms with E-state index in [-0.39, 0.29) is 18.3 Å². The molecular weight excluding hydrogens is 300 g/mol. The highest BCUT2D eigenvalue weighted by molar-refractivity contribution is 5.96. The van der Waals surface area contributed by atoms with Crippen LogP contribution in [-0.2, 0) is 6.54 Å². The lowest BCUT2D eigenvalue weighted by Gasteiger charge is -2.21. The van der Waals surface area contributed by atoms with Crippen LogP contribution in [0.5, 0.6) is 0 Å². The van der Waals surface area contributed by atoms with Gasteiger partial charge < -0.3 is 10.2 Å². The van der Waals surface area contributed by atoms with Crippen molar-refractivity contribution in [3.8, 4) is 0 Å². The van der Waals surface area contributed by atoms with Crippen molar-refractivity contribution in [2.75, 3.05) is 26.2 Å². The molecule has 1 N–H and O–H groups in total. The molecule has 22 heavy (non-hydrogen) atoms. The Bertz CT molecular complexity index is 528. The highest BCUT2D eigenvalue weighted by atomic mass is 35.5. The van der Waals surface area contributed by atoms with Gasteiger partial charge in [0.15, 0.2) is 0 Å². The van der Waals surface area contributed by atoms with Crippen LogP contribution >= 0.6 is 12.4 Å². The Morgan fingerprint density at radius 2 is 1.82 bits per heavy atom. The van der Waals surface area contributed by atoms with Crippen LogP contribution in [-0.4, -0.2) is 46.8 Å². The Labute approximate surface area is 138 Å². The van der Waals surface area contributed by atoms with Gasteiger partial charge in [0, 0.05) is 25.3 Å². The smallest absolute Gasteiger partial charge is 0.257 e. The molecule has 2 aliphatic heterocycles. The number of hydrogen-bond donors (Lipinski definition) is 1. The summed E-state index contributed by atoms with van der Waals surface area (Å²) in [5.41, 5.74) is 2.69. The van der Waals surface area contributed by atoms with Gasteiger partial charge in [-0.1, -0.05) is 0 Å². The first kappa shape index (κ1) is 17.3. The van der Waals surface area contributed by atoms with Gasteiger partial charge in [-0.05, 0) is 58.5 Å². The summed E-state index contributed by atoms with van der Waals surface area (Å²) in [5.74, 6) is 1.68. The SMILES string of the molecule is CCn1nc(C)c(C(=O)N2CC[C@@H]3CNC[C@@H]3CC2)c1C.Cl. The van der Waals surface area contributed by atoms with E-state index in [0.29, 0.717) is 0 Å². The second-order valence-corrected chi connectivity index (χ2v) is 6.41. The van der Waals surface area contributed by atoms with E-state index in [9.17, 15) is 4.79 Å². The molecule has 5 nitrogen and oxygen atoms in total. The van der Waals surface area contributed by atoms with Crippen LogP contribution in [0.1, 0.15) is 41.5 Å². The molecule has 2 saturated heterocycles. The zero-order valence-electron chi connectivity index (χ0n) is 13.8. The van der Waals surface area contributed by atoms with E-state index in [1.54, 1.807) is 0 Å². The van der Waals surface area contributed by atoms with Crippen LogP contribution in [0.2, 0.25) is 0 Å². The van der Waals surface area contributed by atoms with Crippen LogP contribution in [0.4, 0.5) is 0 Å². The minimum atomic E-state index is 0. The van der Waals surface area contributed by atoms with Crippen molar-refractivity contribution in [2.45, 2.75) is 40.2 Å². The average Bonchev–Trinajstić information content (AvgIpc) is 2.96. The van der Waals surface area contributed by atoms with Crippen molar-refractivity contribution < 1.29 is 4.79 Å². The molecule has 6 heteroatoms. The van der Waals surface area contributed by atoms with E-state index >= 15 is 0 Å². The van der Waals surface area contributed by atoms with Gasteiger partial charge in [0.2, 0.25) is 0 Å². The second kappa shape index (κ2) is 7.01. The molecule has 3 heterocycles. The summed E-state index contributed by atoms with van der Waals surface area (Å²) in [6.45, 7) is 10.9. The lowest BCUT2D eigenvalue weighted by Crippen LogP contribution is -2.33. The van der Waals surface area contributed by atoms with Gasteiger partial charge in [-0.2, -0.15) is 5.10 Å². The summed E-state index contributed by atoms with van der Waals surface area (Å²) >= 11 is 0. The molecule has 124 valence electrons. The molecule has 1 aromatic heterocycles. The standard InChI is InChI=1S/C16H26N4O.ClH/c1-4-20-12(3)15(11(2)18-20)16(21)19-7-5-13-9-17-10-14(13)6-8-19;/h13-14,17H,4-10H2,1-3H3;1H/t13-,14+;. The van der Waals surface area contributed by atoms with E-state index in [1.807, 2.05) is 18.5 Å². The van der Waals surface area contributed by atoms with Gasteiger partial charge >= 0.3 is 0 Å². The van der Waals surface area contributed by atoms with Crippen molar-refractivity contribution >= 4 is 18.3 Å². The van der Waals surface area contributed by atoms with Gasteiger partial charge in [-0.25, -0.2) is 0 Å². The van der Waals surface area contributed by atoms with Gasteiger partial charge in [0.1, 0.15) is 0 Å². The molecule has 3 rings (SSSR count). The Balaban J connectivity index is 0.00000176. The number of aromatic nitrogens is 2. The third-order valence-electron chi connectivity index (χ3n) is 5.20. The third-order valence-corrected chi connectivity index (χ3v) is 5.20. The van der Waals surface area contributed by atoms with Crippen LogP contribution in [0.25, 0.3) is 0 Å². The highest BCUT2D eigenvalue weighted by Gasteiger charge is 2.32. The lowest BCUT2D eigenvalue weighted by atomic mass is 9.92. The summed E-state index contributed by atoms with van der Waals surface area (Å²) in [7, 11) is 0. The van der Waals surface area contributed by atoms with Crippen molar-refractivity contribution in [3.63, 3.8) is 0 Å². The quantitative estimate of drug-likeness (QED) is 0.904. The number of fused-ring (bicyclic) bond motifs is 1. The minimum Gasteiger partial charge on any atom is -0.339 e. The number of hydrogen-bond acceptors (Lipinski definition) is 3. The van der Waals surface area contributed by atoms with E-state index in [2.05, 4.69) is 22.2 Å². The fraction of sp³-hybridized carbons (Fsp3) is 0.750. The highest BCUT2D eigenvalue weighted by Crippen LogP contribution is 2.28. The number of nitrogens with zero attached hydrogens (tertiary/aromatic N) is 3. The summed E-state index contributed by atoms with van der Waals surface area (Å²) in [5, 5.41) is 7.96. The first-order valence-corrected chi connectivity index (χ1v) is 8.15. The molecule has 0 saturated carbocycles. The van der Waals surface area contributed by atoms with Gasteiger partial charge in [0.25, 0.3) is 5.91 Å². The summed E-state index contributed by atoms with van der Waals surface area (Å²) in [6, 6.07) is 0. The number of rotatable bonds is 2. The molecule has 0 bridgehead atoms. The minimum absolute atomic E-state index is 0. The third kappa shape index (κ3) is 3.01. The number of aryl methyl sites for hydroxylation is 2. The average molecular weight is 327 g/mol. The van der Waals surface area contributed by atoms with Crippen LogP contribution in [0.3, 0.4) is 0 Å². The number of likely N-dealkylation sites (tertiary alicyclic amines) is 1. The zero-order valence-corrected chi connectivity index (χ0v) is 14.6.